The smallest absolute Gasteiger partial charge is 0.277 e. The Hall–Kier alpha value is -1.49. The third-order valence-electron chi connectivity index (χ3n) is 5.06. The maximum Gasteiger partial charge on any atom is 0.277 e. The highest BCUT2D eigenvalue weighted by atomic mass is 19.3. The van der Waals surface area contributed by atoms with Crippen LogP contribution in [0, 0.1) is 12.8 Å². The van der Waals surface area contributed by atoms with Gasteiger partial charge >= 0.3 is 0 Å². The molecule has 1 aliphatic rings. The standard InChI is InChI=1S/C13H18F2O.C9H17NO/c1-3-4-9-13(14,15)12(16)11-7-5-10(2)6-8-11;1-6(2)10-8(4)5-7(3)9(10)11/h5-8,12,16H,3-4,9H2,1-2H3;6-8H,5H2,1-4H3. The van der Waals surface area contributed by atoms with Crippen LogP contribution < -0.4 is 0 Å². The Bertz CT molecular complexity index is 586. The number of likely N-dealkylation sites (tertiary alicyclic amines) is 1. The number of hydrogen-bond donors (Lipinski definition) is 1. The minimum atomic E-state index is -3.04. The van der Waals surface area contributed by atoms with Gasteiger partial charge < -0.3 is 10.0 Å². The van der Waals surface area contributed by atoms with Crippen molar-refractivity contribution in [2.75, 3.05) is 0 Å². The fraction of sp³-hybridized carbons (Fsp3) is 0.682. The third-order valence-corrected chi connectivity index (χ3v) is 5.06. The summed E-state index contributed by atoms with van der Waals surface area (Å²) >= 11 is 0. The molecule has 2 rings (SSSR count). The predicted molar refractivity (Wildman–Crippen MR) is 106 cm³/mol. The third kappa shape index (κ3) is 6.56. The number of unbranched alkanes of at least 4 members (excludes halogenated alkanes) is 1. The lowest BCUT2D eigenvalue weighted by molar-refractivity contribution is -0.133. The van der Waals surface area contributed by atoms with Crippen LogP contribution in [0.3, 0.4) is 0 Å². The average molecular weight is 384 g/mol. The number of hydrogen-bond acceptors (Lipinski definition) is 2. The normalized spacial score (nSPS) is 21.3. The quantitative estimate of drug-likeness (QED) is 0.704. The maximum atomic E-state index is 13.5. The van der Waals surface area contributed by atoms with Gasteiger partial charge in [0, 0.05) is 24.4 Å². The number of benzene rings is 1. The Balaban J connectivity index is 0.000000289. The van der Waals surface area contributed by atoms with Crippen molar-refractivity contribution in [2.24, 2.45) is 5.92 Å². The number of aryl methyl sites for hydroxylation is 1. The summed E-state index contributed by atoms with van der Waals surface area (Å²) in [5.41, 5.74) is 1.28. The highest BCUT2D eigenvalue weighted by Crippen LogP contribution is 2.35. The number of rotatable bonds is 6. The molecule has 3 atom stereocenters. The summed E-state index contributed by atoms with van der Waals surface area (Å²) < 4.78 is 27.1. The van der Waals surface area contributed by atoms with Crippen LogP contribution in [0.1, 0.15) is 77.5 Å². The van der Waals surface area contributed by atoms with E-state index in [2.05, 4.69) is 20.8 Å². The molecular weight excluding hydrogens is 348 g/mol. The summed E-state index contributed by atoms with van der Waals surface area (Å²) in [5, 5.41) is 9.62. The minimum absolute atomic E-state index is 0.243. The molecule has 0 bridgehead atoms. The second kappa shape index (κ2) is 10.2. The van der Waals surface area contributed by atoms with Gasteiger partial charge in [0.2, 0.25) is 5.91 Å². The van der Waals surface area contributed by atoms with Crippen LogP contribution >= 0.6 is 0 Å². The molecule has 1 aromatic carbocycles. The number of amides is 1. The first kappa shape index (κ1) is 23.5. The van der Waals surface area contributed by atoms with Gasteiger partial charge in [-0.25, -0.2) is 8.78 Å². The van der Waals surface area contributed by atoms with Crippen LogP contribution in [-0.2, 0) is 4.79 Å². The maximum absolute atomic E-state index is 13.5. The Morgan fingerprint density at radius 2 is 1.78 bits per heavy atom. The van der Waals surface area contributed by atoms with Crippen LogP contribution in [0.2, 0.25) is 0 Å². The summed E-state index contributed by atoms with van der Waals surface area (Å²) in [6, 6.07) is 7.38. The van der Waals surface area contributed by atoms with Crippen molar-refractivity contribution in [2.45, 2.75) is 91.3 Å². The molecule has 0 saturated carbocycles. The van der Waals surface area contributed by atoms with E-state index in [0.717, 1.165) is 12.0 Å². The molecule has 3 unspecified atom stereocenters. The van der Waals surface area contributed by atoms with Crippen LogP contribution in [0.15, 0.2) is 24.3 Å². The van der Waals surface area contributed by atoms with E-state index in [1.54, 1.807) is 24.3 Å². The first-order valence-corrected chi connectivity index (χ1v) is 9.95. The van der Waals surface area contributed by atoms with E-state index in [-0.39, 0.29) is 17.9 Å². The lowest BCUT2D eigenvalue weighted by Gasteiger charge is -2.25. The Labute approximate surface area is 162 Å². The van der Waals surface area contributed by atoms with Crippen LogP contribution in [0.4, 0.5) is 8.78 Å². The van der Waals surface area contributed by atoms with Crippen LogP contribution in [0.25, 0.3) is 0 Å². The summed E-state index contributed by atoms with van der Waals surface area (Å²) in [6.07, 6.45) is 0.196. The first-order valence-electron chi connectivity index (χ1n) is 9.95. The minimum Gasteiger partial charge on any atom is -0.382 e. The van der Waals surface area contributed by atoms with Gasteiger partial charge in [-0.05, 0) is 46.1 Å². The molecule has 1 aliphatic heterocycles. The summed E-state index contributed by atoms with van der Waals surface area (Å²) in [5.74, 6) is -2.47. The predicted octanol–water partition coefficient (Wildman–Crippen LogP) is 5.51. The monoisotopic (exact) mass is 383 g/mol. The van der Waals surface area contributed by atoms with Crippen molar-refractivity contribution in [3.8, 4) is 0 Å². The van der Waals surface area contributed by atoms with Crippen LogP contribution in [-0.4, -0.2) is 33.9 Å². The van der Waals surface area contributed by atoms with Crippen molar-refractivity contribution in [1.82, 2.24) is 4.90 Å². The number of aliphatic hydroxyl groups is 1. The van der Waals surface area contributed by atoms with E-state index >= 15 is 0 Å². The molecule has 27 heavy (non-hydrogen) atoms. The molecule has 5 heteroatoms. The summed E-state index contributed by atoms with van der Waals surface area (Å²) in [6.45, 7) is 12.0. The molecule has 1 saturated heterocycles. The molecule has 0 radical (unpaired) electrons. The summed E-state index contributed by atoms with van der Waals surface area (Å²) in [4.78, 5) is 13.5. The average Bonchev–Trinajstić information content (AvgIpc) is 2.86. The molecule has 1 fully saturated rings. The molecule has 0 aliphatic carbocycles. The molecule has 3 nitrogen and oxygen atoms in total. The molecule has 1 amide bonds. The van der Waals surface area contributed by atoms with Crippen molar-refractivity contribution in [1.29, 1.82) is 0 Å². The van der Waals surface area contributed by atoms with Gasteiger partial charge in [0.25, 0.3) is 5.92 Å². The van der Waals surface area contributed by atoms with Crippen LogP contribution in [0.5, 0.6) is 0 Å². The number of nitrogens with zero attached hydrogens (tertiary/aromatic N) is 1. The van der Waals surface area contributed by atoms with Crippen molar-refractivity contribution >= 4 is 5.91 Å². The molecule has 1 N–H and O–H groups in total. The first-order chi connectivity index (χ1) is 12.5. The molecule has 0 aromatic heterocycles. The van der Waals surface area contributed by atoms with E-state index in [9.17, 15) is 18.7 Å². The topological polar surface area (TPSA) is 40.5 Å². The van der Waals surface area contributed by atoms with Crippen molar-refractivity contribution in [3.05, 3.63) is 35.4 Å². The Kier molecular flexibility index (Phi) is 8.86. The van der Waals surface area contributed by atoms with E-state index in [0.29, 0.717) is 30.8 Å². The van der Waals surface area contributed by atoms with E-state index in [4.69, 9.17) is 0 Å². The number of halogens is 2. The molecule has 0 spiro atoms. The van der Waals surface area contributed by atoms with E-state index in [1.165, 1.54) is 0 Å². The lowest BCUT2D eigenvalue weighted by atomic mass is 9.98. The van der Waals surface area contributed by atoms with Crippen molar-refractivity contribution < 1.29 is 18.7 Å². The largest absolute Gasteiger partial charge is 0.382 e. The molecule has 154 valence electrons. The van der Waals surface area contributed by atoms with E-state index in [1.807, 2.05) is 25.7 Å². The lowest BCUT2D eigenvalue weighted by Crippen LogP contribution is -2.37. The SMILES string of the molecule is CC1CC(C)N(C(C)C)C1=O.CCCCC(F)(F)C(O)c1ccc(C)cc1. The number of carbonyl (C=O) groups excluding carboxylic acids is 1. The highest BCUT2D eigenvalue weighted by molar-refractivity contribution is 5.81. The van der Waals surface area contributed by atoms with Gasteiger partial charge in [0.1, 0.15) is 6.10 Å². The fourth-order valence-corrected chi connectivity index (χ4v) is 3.50. The van der Waals surface area contributed by atoms with Gasteiger partial charge in [-0.1, -0.05) is 50.1 Å². The number of carbonyl (C=O) groups is 1. The van der Waals surface area contributed by atoms with Gasteiger partial charge in [-0.2, -0.15) is 0 Å². The van der Waals surface area contributed by atoms with Gasteiger partial charge in [-0.15, -0.1) is 0 Å². The zero-order valence-corrected chi connectivity index (χ0v) is 17.5. The second-order valence-corrected chi connectivity index (χ2v) is 8.00. The molecule has 1 aromatic rings. The zero-order chi connectivity index (χ0) is 20.8. The Morgan fingerprint density at radius 3 is 2.15 bits per heavy atom. The van der Waals surface area contributed by atoms with Gasteiger partial charge in [0.15, 0.2) is 0 Å². The zero-order valence-electron chi connectivity index (χ0n) is 17.5. The Morgan fingerprint density at radius 1 is 1.22 bits per heavy atom. The van der Waals surface area contributed by atoms with Crippen molar-refractivity contribution in [3.63, 3.8) is 0 Å². The second-order valence-electron chi connectivity index (χ2n) is 8.00. The number of aliphatic hydroxyl groups excluding tert-OH is 1. The molecule has 1 heterocycles. The summed E-state index contributed by atoms with van der Waals surface area (Å²) in [7, 11) is 0. The highest BCUT2D eigenvalue weighted by Gasteiger charge is 2.38. The van der Waals surface area contributed by atoms with Gasteiger partial charge in [0.05, 0.1) is 0 Å². The van der Waals surface area contributed by atoms with E-state index < -0.39 is 12.0 Å². The van der Waals surface area contributed by atoms with Gasteiger partial charge in [-0.3, -0.25) is 4.79 Å². The molecular formula is C22H35F2NO2. The fourth-order valence-electron chi connectivity index (χ4n) is 3.50. The number of alkyl halides is 2.